The largest absolute Gasteiger partial charge is 0.480 e. The Kier molecular flexibility index (Phi) is 6.13. The zero-order valence-electron chi connectivity index (χ0n) is 15.0. The van der Waals surface area contributed by atoms with Crippen molar-refractivity contribution in [1.29, 1.82) is 0 Å². The minimum absolute atomic E-state index is 0.0660. The maximum absolute atomic E-state index is 13.0. The third-order valence-corrected chi connectivity index (χ3v) is 4.74. The summed E-state index contributed by atoms with van der Waals surface area (Å²) in [7, 11) is 0. The highest BCUT2D eigenvalue weighted by molar-refractivity contribution is 7.97. The molecule has 7 heteroatoms. The fourth-order valence-electron chi connectivity index (χ4n) is 2.98. The molecular weight excluding hydrogens is 362 g/mol. The number of amides is 1. The van der Waals surface area contributed by atoms with Crippen LogP contribution in [0.4, 0.5) is 0 Å². The molecule has 0 radical (unpaired) electrons. The molecule has 0 unspecified atom stereocenters. The molecule has 6 nitrogen and oxygen atoms in total. The van der Waals surface area contributed by atoms with Gasteiger partial charge in [-0.1, -0.05) is 42.5 Å². The first-order chi connectivity index (χ1) is 13.1. The highest BCUT2D eigenvalue weighted by atomic mass is 32.2. The molecule has 3 aromatic rings. The number of carbonyl (C=O) groups is 2. The summed E-state index contributed by atoms with van der Waals surface area (Å²) < 4.78 is 1.88. The van der Waals surface area contributed by atoms with Crippen molar-refractivity contribution in [2.24, 2.45) is 0 Å². The molecule has 140 valence electrons. The van der Waals surface area contributed by atoms with Gasteiger partial charge in [0.2, 0.25) is 5.91 Å². The Morgan fingerprint density at radius 2 is 1.81 bits per heavy atom. The number of thioether (sulfide) groups is 1. The van der Waals surface area contributed by atoms with Crippen LogP contribution in [0.15, 0.2) is 54.6 Å². The number of carboxylic acid groups (broad SMARTS) is 1. The van der Waals surface area contributed by atoms with Crippen LogP contribution in [0.5, 0.6) is 0 Å². The number of nitrogens with zero attached hydrogens (tertiary/aromatic N) is 3. The summed E-state index contributed by atoms with van der Waals surface area (Å²) in [6, 6.07) is 17.1. The van der Waals surface area contributed by atoms with Gasteiger partial charge in [-0.05, 0) is 24.0 Å². The third-order valence-electron chi connectivity index (χ3n) is 4.20. The van der Waals surface area contributed by atoms with E-state index in [9.17, 15) is 14.7 Å². The van der Waals surface area contributed by atoms with E-state index in [0.29, 0.717) is 5.75 Å². The molecular formula is C20H21N3O3S. The van der Waals surface area contributed by atoms with E-state index in [1.165, 1.54) is 4.90 Å². The molecule has 27 heavy (non-hydrogen) atoms. The normalized spacial score (nSPS) is 10.9. The van der Waals surface area contributed by atoms with Gasteiger partial charge in [0.25, 0.3) is 0 Å². The molecule has 0 aliphatic carbocycles. The molecule has 0 aliphatic rings. The van der Waals surface area contributed by atoms with Crippen molar-refractivity contribution >= 4 is 34.7 Å². The summed E-state index contributed by atoms with van der Waals surface area (Å²) in [6.45, 7) is -0.00873. The maximum atomic E-state index is 13.0. The van der Waals surface area contributed by atoms with Crippen LogP contribution in [-0.4, -0.2) is 44.2 Å². The second kappa shape index (κ2) is 8.73. The smallest absolute Gasteiger partial charge is 0.323 e. The van der Waals surface area contributed by atoms with Gasteiger partial charge in [0.1, 0.15) is 18.9 Å². The van der Waals surface area contributed by atoms with Gasteiger partial charge in [-0.2, -0.15) is 11.8 Å². The van der Waals surface area contributed by atoms with Crippen molar-refractivity contribution in [3.63, 3.8) is 0 Å². The lowest BCUT2D eigenvalue weighted by molar-refractivity contribution is -0.145. The molecule has 3 rings (SSSR count). The molecule has 1 N–H and O–H groups in total. The van der Waals surface area contributed by atoms with Gasteiger partial charge in [0, 0.05) is 6.54 Å². The number of para-hydroxylation sites is 2. The Morgan fingerprint density at radius 3 is 2.52 bits per heavy atom. The van der Waals surface area contributed by atoms with Crippen LogP contribution in [-0.2, 0) is 28.4 Å². The Morgan fingerprint density at radius 1 is 1.11 bits per heavy atom. The van der Waals surface area contributed by atoms with Crippen LogP contribution in [0.2, 0.25) is 0 Å². The monoisotopic (exact) mass is 383 g/mol. The van der Waals surface area contributed by atoms with Gasteiger partial charge >= 0.3 is 5.97 Å². The number of benzene rings is 2. The second-order valence-electron chi connectivity index (χ2n) is 6.17. The minimum Gasteiger partial charge on any atom is -0.480 e. The predicted octanol–water partition coefficient (Wildman–Crippen LogP) is 3.01. The number of hydrogen-bond acceptors (Lipinski definition) is 4. The fraction of sp³-hybridized carbons (Fsp3) is 0.250. The van der Waals surface area contributed by atoms with Gasteiger partial charge < -0.3 is 14.6 Å². The number of carboxylic acids is 1. The first-order valence-corrected chi connectivity index (χ1v) is 9.94. The number of aliphatic carboxylic acids is 1. The van der Waals surface area contributed by atoms with Gasteiger partial charge in [-0.3, -0.25) is 9.59 Å². The van der Waals surface area contributed by atoms with Crippen LogP contribution in [0.1, 0.15) is 11.4 Å². The molecule has 0 fully saturated rings. The number of aromatic nitrogens is 2. The quantitative estimate of drug-likeness (QED) is 0.647. The number of imidazole rings is 1. The van der Waals surface area contributed by atoms with Gasteiger partial charge in [-0.15, -0.1) is 0 Å². The molecule has 0 aliphatic heterocycles. The average Bonchev–Trinajstić information content (AvgIpc) is 2.99. The summed E-state index contributed by atoms with van der Waals surface area (Å²) in [5, 5.41) is 9.23. The van der Waals surface area contributed by atoms with Crippen molar-refractivity contribution in [2.75, 3.05) is 12.8 Å². The van der Waals surface area contributed by atoms with Crippen molar-refractivity contribution in [3.05, 3.63) is 66.0 Å². The van der Waals surface area contributed by atoms with Crippen molar-refractivity contribution in [3.8, 4) is 0 Å². The zero-order valence-corrected chi connectivity index (χ0v) is 15.9. The van der Waals surface area contributed by atoms with E-state index in [1.54, 1.807) is 11.8 Å². The summed E-state index contributed by atoms with van der Waals surface area (Å²) in [5.74, 6) is 0.220. The topological polar surface area (TPSA) is 75.4 Å². The lowest BCUT2D eigenvalue weighted by Gasteiger charge is -2.22. The minimum atomic E-state index is -1.03. The van der Waals surface area contributed by atoms with Crippen LogP contribution >= 0.6 is 11.8 Å². The van der Waals surface area contributed by atoms with Crippen LogP contribution < -0.4 is 0 Å². The zero-order chi connectivity index (χ0) is 19.2. The Bertz CT molecular complexity index is 940. The molecule has 0 saturated heterocycles. The molecule has 1 heterocycles. The molecule has 1 aromatic heterocycles. The highest BCUT2D eigenvalue weighted by Crippen LogP contribution is 2.19. The molecule has 0 saturated carbocycles. The summed E-state index contributed by atoms with van der Waals surface area (Å²) in [4.78, 5) is 30.2. The van der Waals surface area contributed by atoms with Gasteiger partial charge in [0.05, 0.1) is 16.8 Å². The predicted molar refractivity (Wildman–Crippen MR) is 106 cm³/mol. The number of rotatable bonds is 8. The lowest BCUT2D eigenvalue weighted by atomic mass is 10.2. The second-order valence-corrected chi connectivity index (χ2v) is 7.03. The average molecular weight is 383 g/mol. The SMILES string of the molecule is CSCc1nc2ccccc2n1CC(=O)N(CC(=O)O)Cc1ccccc1. The van der Waals surface area contributed by atoms with Crippen LogP contribution in [0.25, 0.3) is 11.0 Å². The molecule has 0 atom stereocenters. The number of fused-ring (bicyclic) bond motifs is 1. The summed E-state index contributed by atoms with van der Waals surface area (Å²) in [6.07, 6.45) is 1.98. The molecule has 2 aromatic carbocycles. The number of carbonyl (C=O) groups excluding carboxylic acids is 1. The van der Waals surface area contributed by atoms with E-state index >= 15 is 0 Å². The van der Waals surface area contributed by atoms with E-state index in [1.807, 2.05) is 65.4 Å². The molecule has 0 bridgehead atoms. The Labute approximate surface area is 161 Å². The number of hydrogen-bond donors (Lipinski definition) is 1. The van der Waals surface area contributed by atoms with Crippen molar-refractivity contribution in [2.45, 2.75) is 18.8 Å². The van der Waals surface area contributed by atoms with Crippen molar-refractivity contribution < 1.29 is 14.7 Å². The summed E-state index contributed by atoms with van der Waals surface area (Å²) in [5.41, 5.74) is 2.61. The van der Waals surface area contributed by atoms with Crippen LogP contribution in [0, 0.1) is 0 Å². The molecule has 1 amide bonds. The Hall–Kier alpha value is -2.80. The first-order valence-electron chi connectivity index (χ1n) is 8.55. The Balaban J connectivity index is 1.87. The summed E-state index contributed by atoms with van der Waals surface area (Å²) >= 11 is 1.63. The van der Waals surface area contributed by atoms with Gasteiger partial charge in [0.15, 0.2) is 0 Å². The van der Waals surface area contributed by atoms with Gasteiger partial charge in [-0.25, -0.2) is 4.98 Å². The maximum Gasteiger partial charge on any atom is 0.323 e. The van der Waals surface area contributed by atoms with Crippen molar-refractivity contribution in [1.82, 2.24) is 14.5 Å². The molecule has 0 spiro atoms. The first kappa shape index (κ1) is 19.0. The standard InChI is InChI=1S/C20H21N3O3S/c1-27-14-18-21-16-9-5-6-10-17(16)23(18)12-19(24)22(13-20(25)26)11-15-7-3-2-4-8-15/h2-10H,11-14H2,1H3,(H,25,26). The fourth-order valence-corrected chi connectivity index (χ4v) is 3.45. The van der Waals surface area contributed by atoms with Crippen LogP contribution in [0.3, 0.4) is 0 Å². The van der Waals surface area contributed by atoms with E-state index in [-0.39, 0.29) is 25.5 Å². The van der Waals surface area contributed by atoms with E-state index < -0.39 is 5.97 Å². The van der Waals surface area contributed by atoms with E-state index in [4.69, 9.17) is 0 Å². The highest BCUT2D eigenvalue weighted by Gasteiger charge is 2.20. The third kappa shape index (κ3) is 4.68. The van der Waals surface area contributed by atoms with E-state index in [2.05, 4.69) is 4.98 Å². The lowest BCUT2D eigenvalue weighted by Crippen LogP contribution is -2.37. The van der Waals surface area contributed by atoms with E-state index in [0.717, 1.165) is 22.4 Å².